The third-order valence-corrected chi connectivity index (χ3v) is 3.63. The number of halogens is 1. The second-order valence-electron chi connectivity index (χ2n) is 5.13. The van der Waals surface area contributed by atoms with Crippen LogP contribution in [0.2, 0.25) is 0 Å². The third-order valence-electron chi connectivity index (χ3n) is 3.63. The molecule has 1 heterocycles. The molecule has 5 nitrogen and oxygen atoms in total. The predicted molar refractivity (Wildman–Crippen MR) is 77.1 cm³/mol. The van der Waals surface area contributed by atoms with Crippen molar-refractivity contribution in [2.75, 3.05) is 0 Å². The Morgan fingerprint density at radius 2 is 1.86 bits per heavy atom. The summed E-state index contributed by atoms with van der Waals surface area (Å²) < 4.78 is 13.6. The average molecular weight is 299 g/mol. The Kier molecular flexibility index (Phi) is 3.82. The van der Waals surface area contributed by atoms with Crippen molar-refractivity contribution < 1.29 is 14.0 Å². The molecule has 0 unspecified atom stereocenters. The molecular formula is C16H14FN3O2. The number of carbonyl (C=O) groups excluding carboxylic acids is 2. The molecule has 0 aliphatic heterocycles. The van der Waals surface area contributed by atoms with Crippen LogP contribution in [0.1, 0.15) is 28.4 Å². The minimum absolute atomic E-state index is 0.132. The van der Waals surface area contributed by atoms with E-state index >= 15 is 0 Å². The minimum atomic E-state index is -0.489. The van der Waals surface area contributed by atoms with Crippen molar-refractivity contribution in [3.05, 3.63) is 65.7 Å². The molecule has 2 aromatic rings. The lowest BCUT2D eigenvalue weighted by Gasteiger charge is -2.07. The van der Waals surface area contributed by atoms with Gasteiger partial charge in [-0.3, -0.25) is 25.4 Å². The molecule has 0 spiro atoms. The molecule has 22 heavy (non-hydrogen) atoms. The van der Waals surface area contributed by atoms with Crippen molar-refractivity contribution in [2.24, 2.45) is 5.92 Å². The zero-order valence-electron chi connectivity index (χ0n) is 11.6. The van der Waals surface area contributed by atoms with Crippen LogP contribution in [0.5, 0.6) is 0 Å². The van der Waals surface area contributed by atoms with Crippen LogP contribution in [0, 0.1) is 11.7 Å². The van der Waals surface area contributed by atoms with Crippen LogP contribution in [0.3, 0.4) is 0 Å². The fraction of sp³-hybridized carbons (Fsp3) is 0.188. The standard InChI is InChI=1S/C16H14FN3O2/c17-13-6-2-1-5-10(13)11-9-12(11)15(21)19-20-16(22)14-7-3-4-8-18-14/h1-8,11-12H,9H2,(H,19,21)(H,20,22)/t11-,12+/m1/s1. The van der Waals surface area contributed by atoms with E-state index in [1.165, 1.54) is 12.3 Å². The quantitative estimate of drug-likeness (QED) is 0.849. The Balaban J connectivity index is 1.54. The molecule has 0 radical (unpaired) electrons. The first-order valence-electron chi connectivity index (χ1n) is 6.92. The molecule has 3 rings (SSSR count). The number of amides is 2. The first-order chi connectivity index (χ1) is 10.7. The molecule has 2 atom stereocenters. The molecule has 6 heteroatoms. The lowest BCUT2D eigenvalue weighted by atomic mass is 10.1. The topological polar surface area (TPSA) is 71.1 Å². The van der Waals surface area contributed by atoms with Gasteiger partial charge in [-0.05, 0) is 36.1 Å². The highest BCUT2D eigenvalue weighted by molar-refractivity contribution is 5.94. The second kappa shape index (κ2) is 5.93. The summed E-state index contributed by atoms with van der Waals surface area (Å²) in [7, 11) is 0. The number of hydrogen-bond donors (Lipinski definition) is 2. The van der Waals surface area contributed by atoms with Crippen molar-refractivity contribution in [1.82, 2.24) is 15.8 Å². The zero-order valence-corrected chi connectivity index (χ0v) is 11.6. The van der Waals surface area contributed by atoms with Crippen LogP contribution in [0.4, 0.5) is 4.39 Å². The summed E-state index contributed by atoms with van der Waals surface area (Å²) in [5.74, 6) is -1.57. The van der Waals surface area contributed by atoms with E-state index < -0.39 is 5.91 Å². The molecule has 1 aliphatic carbocycles. The molecule has 1 aliphatic rings. The molecule has 2 N–H and O–H groups in total. The van der Waals surface area contributed by atoms with Gasteiger partial charge < -0.3 is 0 Å². The van der Waals surface area contributed by atoms with E-state index in [1.54, 1.807) is 36.4 Å². The molecule has 1 aromatic heterocycles. The van der Waals surface area contributed by atoms with Gasteiger partial charge in [-0.1, -0.05) is 24.3 Å². The lowest BCUT2D eigenvalue weighted by Crippen LogP contribution is -2.42. The van der Waals surface area contributed by atoms with Crippen molar-refractivity contribution in [3.8, 4) is 0 Å². The highest BCUT2D eigenvalue weighted by Crippen LogP contribution is 2.48. The van der Waals surface area contributed by atoms with Crippen LogP contribution in [-0.4, -0.2) is 16.8 Å². The fourth-order valence-electron chi connectivity index (χ4n) is 2.38. The molecule has 112 valence electrons. The summed E-state index contributed by atoms with van der Waals surface area (Å²) in [6.07, 6.45) is 2.07. The number of hydrazine groups is 1. The molecule has 1 fully saturated rings. The van der Waals surface area contributed by atoms with Gasteiger partial charge in [-0.25, -0.2) is 4.39 Å². The van der Waals surface area contributed by atoms with Crippen molar-refractivity contribution in [1.29, 1.82) is 0 Å². The monoisotopic (exact) mass is 299 g/mol. The van der Waals surface area contributed by atoms with Gasteiger partial charge in [0.2, 0.25) is 5.91 Å². The van der Waals surface area contributed by atoms with Crippen molar-refractivity contribution in [3.63, 3.8) is 0 Å². The van der Waals surface area contributed by atoms with Crippen LogP contribution < -0.4 is 10.9 Å². The van der Waals surface area contributed by atoms with Gasteiger partial charge in [0, 0.05) is 12.1 Å². The van der Waals surface area contributed by atoms with E-state index in [9.17, 15) is 14.0 Å². The molecule has 2 amide bonds. The van der Waals surface area contributed by atoms with E-state index in [4.69, 9.17) is 0 Å². The van der Waals surface area contributed by atoms with Gasteiger partial charge in [-0.2, -0.15) is 0 Å². The van der Waals surface area contributed by atoms with Crippen LogP contribution in [-0.2, 0) is 4.79 Å². The van der Waals surface area contributed by atoms with Gasteiger partial charge in [0.15, 0.2) is 0 Å². The summed E-state index contributed by atoms with van der Waals surface area (Å²) in [4.78, 5) is 27.6. The number of aromatic nitrogens is 1. The smallest absolute Gasteiger partial charge is 0.273 e. The maximum absolute atomic E-state index is 13.6. The normalized spacial score (nSPS) is 19.3. The van der Waals surface area contributed by atoms with Gasteiger partial charge in [0.05, 0.1) is 0 Å². The summed E-state index contributed by atoms with van der Waals surface area (Å²) >= 11 is 0. The maximum atomic E-state index is 13.6. The summed E-state index contributed by atoms with van der Waals surface area (Å²) in [5.41, 5.74) is 5.43. The number of nitrogens with zero attached hydrogens (tertiary/aromatic N) is 1. The molecule has 1 saturated carbocycles. The first-order valence-corrected chi connectivity index (χ1v) is 6.92. The highest BCUT2D eigenvalue weighted by Gasteiger charge is 2.45. The minimum Gasteiger partial charge on any atom is -0.273 e. The van der Waals surface area contributed by atoms with E-state index in [0.29, 0.717) is 12.0 Å². The number of benzene rings is 1. The third kappa shape index (κ3) is 2.95. The Morgan fingerprint density at radius 3 is 2.59 bits per heavy atom. The Bertz CT molecular complexity index is 706. The van der Waals surface area contributed by atoms with Gasteiger partial charge in [0.25, 0.3) is 5.91 Å². The number of nitrogens with one attached hydrogen (secondary N) is 2. The van der Waals surface area contributed by atoms with Gasteiger partial charge in [-0.15, -0.1) is 0 Å². The Labute approximate surface area is 126 Å². The SMILES string of the molecule is O=C(NNC(=O)[C@H]1C[C@@H]1c1ccccc1F)c1ccccn1. The Hall–Kier alpha value is -2.76. The fourth-order valence-corrected chi connectivity index (χ4v) is 2.38. The van der Waals surface area contributed by atoms with Crippen LogP contribution in [0.15, 0.2) is 48.7 Å². The second-order valence-corrected chi connectivity index (χ2v) is 5.13. The number of pyridine rings is 1. The van der Waals surface area contributed by atoms with Gasteiger partial charge >= 0.3 is 0 Å². The summed E-state index contributed by atoms with van der Waals surface area (Å²) in [5, 5.41) is 0. The highest BCUT2D eigenvalue weighted by atomic mass is 19.1. The number of rotatable bonds is 3. The molecular weight excluding hydrogens is 285 g/mol. The Morgan fingerprint density at radius 1 is 1.09 bits per heavy atom. The molecule has 0 bridgehead atoms. The maximum Gasteiger partial charge on any atom is 0.288 e. The summed E-state index contributed by atoms with van der Waals surface area (Å²) in [6.45, 7) is 0. The largest absolute Gasteiger partial charge is 0.288 e. The lowest BCUT2D eigenvalue weighted by molar-refractivity contribution is -0.123. The van der Waals surface area contributed by atoms with Crippen LogP contribution >= 0.6 is 0 Å². The van der Waals surface area contributed by atoms with E-state index in [0.717, 1.165) is 0 Å². The van der Waals surface area contributed by atoms with Crippen molar-refractivity contribution in [2.45, 2.75) is 12.3 Å². The number of carbonyl (C=O) groups is 2. The van der Waals surface area contributed by atoms with Gasteiger partial charge in [0.1, 0.15) is 11.5 Å². The van der Waals surface area contributed by atoms with Crippen molar-refractivity contribution >= 4 is 11.8 Å². The van der Waals surface area contributed by atoms with E-state index in [-0.39, 0.29) is 29.3 Å². The molecule has 0 saturated heterocycles. The number of hydrogen-bond acceptors (Lipinski definition) is 3. The van der Waals surface area contributed by atoms with Crippen LogP contribution in [0.25, 0.3) is 0 Å². The van der Waals surface area contributed by atoms with E-state index in [1.807, 2.05) is 0 Å². The zero-order chi connectivity index (χ0) is 15.5. The molecule has 1 aromatic carbocycles. The average Bonchev–Trinajstić information content (AvgIpc) is 3.34. The van der Waals surface area contributed by atoms with E-state index in [2.05, 4.69) is 15.8 Å². The predicted octanol–water partition coefficient (Wildman–Crippen LogP) is 1.79. The first kappa shape index (κ1) is 14.2. The summed E-state index contributed by atoms with van der Waals surface area (Å²) in [6, 6.07) is 11.3.